The van der Waals surface area contributed by atoms with Crippen molar-refractivity contribution in [1.29, 1.82) is 0 Å². The lowest BCUT2D eigenvalue weighted by molar-refractivity contribution is -0.152. The normalized spacial score (nSPS) is 16.2. The molecular weight excluding hydrogens is 462 g/mol. The molecule has 10 heteroatoms. The topological polar surface area (TPSA) is 94.7 Å². The molecule has 1 fully saturated rings. The number of hydrazine groups is 1. The highest BCUT2D eigenvalue weighted by atomic mass is 16.5. The number of hydrogen-bond donors (Lipinski definition) is 1. The number of nitrogens with one attached hydrogen (secondary N) is 1. The van der Waals surface area contributed by atoms with Crippen LogP contribution in [0.1, 0.15) is 57.4 Å². The second kappa shape index (κ2) is 13.3. The summed E-state index contributed by atoms with van der Waals surface area (Å²) in [6.45, 7) is 3.95. The zero-order chi connectivity index (χ0) is 26.1. The monoisotopic (exact) mass is 503 g/mol. The van der Waals surface area contributed by atoms with Gasteiger partial charge in [-0.05, 0) is 62.8 Å². The molecule has 200 valence electrons. The van der Waals surface area contributed by atoms with E-state index in [1.54, 1.807) is 36.0 Å². The molecule has 0 radical (unpaired) electrons. The fourth-order valence-corrected chi connectivity index (χ4v) is 4.38. The highest BCUT2D eigenvalue weighted by Gasteiger charge is 2.28. The van der Waals surface area contributed by atoms with Crippen LogP contribution in [0.15, 0.2) is 18.2 Å². The van der Waals surface area contributed by atoms with E-state index in [9.17, 15) is 14.4 Å². The van der Waals surface area contributed by atoms with Crippen LogP contribution >= 0.6 is 0 Å². The first kappa shape index (κ1) is 27.6. The van der Waals surface area contributed by atoms with Crippen LogP contribution in [-0.2, 0) is 20.9 Å². The van der Waals surface area contributed by atoms with Crippen molar-refractivity contribution in [3.63, 3.8) is 0 Å². The van der Waals surface area contributed by atoms with Crippen molar-refractivity contribution >= 4 is 23.6 Å². The van der Waals surface area contributed by atoms with Crippen LogP contribution in [0.2, 0.25) is 0 Å². The van der Waals surface area contributed by atoms with Gasteiger partial charge in [-0.25, -0.2) is 10.2 Å². The molecule has 0 saturated heterocycles. The van der Waals surface area contributed by atoms with Gasteiger partial charge >= 0.3 is 12.0 Å². The molecule has 0 aromatic heterocycles. The van der Waals surface area contributed by atoms with Gasteiger partial charge in [-0.15, -0.1) is 0 Å². The minimum Gasteiger partial charge on any atom is -0.494 e. The number of carbonyl (C=O) groups is 3. The third-order valence-corrected chi connectivity index (χ3v) is 6.63. The van der Waals surface area contributed by atoms with E-state index in [0.29, 0.717) is 45.0 Å². The molecular formula is C26H41N5O5. The smallest absolute Gasteiger partial charge is 0.335 e. The molecule has 1 aliphatic heterocycles. The highest BCUT2D eigenvalue weighted by molar-refractivity contribution is 5.77. The lowest BCUT2D eigenvalue weighted by Crippen LogP contribution is -2.55. The van der Waals surface area contributed by atoms with Crippen LogP contribution in [0.3, 0.4) is 0 Å². The quantitative estimate of drug-likeness (QED) is 0.387. The molecule has 2 aliphatic rings. The first-order valence-corrected chi connectivity index (χ1v) is 12.9. The Morgan fingerprint density at radius 2 is 1.86 bits per heavy atom. The molecule has 1 N–H and O–H groups in total. The number of carbonyl (C=O) groups excluding carboxylic acids is 3. The third-order valence-electron chi connectivity index (χ3n) is 6.63. The van der Waals surface area contributed by atoms with Gasteiger partial charge in [0.15, 0.2) is 0 Å². The Kier molecular flexibility index (Phi) is 10.2. The van der Waals surface area contributed by atoms with Crippen molar-refractivity contribution in [2.24, 2.45) is 0 Å². The van der Waals surface area contributed by atoms with Crippen molar-refractivity contribution < 1.29 is 23.9 Å². The second-order valence-corrected chi connectivity index (χ2v) is 9.77. The van der Waals surface area contributed by atoms with Gasteiger partial charge in [0.25, 0.3) is 0 Å². The van der Waals surface area contributed by atoms with Crippen molar-refractivity contribution in [2.45, 2.75) is 64.5 Å². The van der Waals surface area contributed by atoms with Gasteiger partial charge in [-0.3, -0.25) is 19.5 Å². The molecule has 1 heterocycles. The third kappa shape index (κ3) is 8.01. The lowest BCUT2D eigenvalue weighted by Gasteiger charge is -2.38. The Labute approximate surface area is 214 Å². The van der Waals surface area contributed by atoms with Gasteiger partial charge in [-0.1, -0.05) is 6.42 Å². The summed E-state index contributed by atoms with van der Waals surface area (Å²) in [5.41, 5.74) is 4.75. The summed E-state index contributed by atoms with van der Waals surface area (Å²) >= 11 is 0. The van der Waals surface area contributed by atoms with E-state index in [1.165, 1.54) is 6.42 Å². The van der Waals surface area contributed by atoms with Crippen LogP contribution < -0.4 is 15.2 Å². The summed E-state index contributed by atoms with van der Waals surface area (Å²) in [6, 6.07) is 5.49. The first-order chi connectivity index (χ1) is 17.3. The molecule has 0 bridgehead atoms. The maximum Gasteiger partial charge on any atom is 0.335 e. The zero-order valence-electron chi connectivity index (χ0n) is 22.1. The van der Waals surface area contributed by atoms with Crippen molar-refractivity contribution in [3.8, 4) is 5.75 Å². The van der Waals surface area contributed by atoms with E-state index in [2.05, 4.69) is 5.43 Å². The van der Waals surface area contributed by atoms with Gasteiger partial charge in [0, 0.05) is 40.7 Å². The maximum atomic E-state index is 12.7. The Morgan fingerprint density at radius 1 is 1.11 bits per heavy atom. The largest absolute Gasteiger partial charge is 0.494 e. The number of nitrogens with zero attached hydrogens (tertiary/aromatic N) is 4. The Hall–Kier alpha value is -3.01. The van der Waals surface area contributed by atoms with Crippen molar-refractivity contribution in [1.82, 2.24) is 20.1 Å². The molecule has 1 aliphatic carbocycles. The molecule has 36 heavy (non-hydrogen) atoms. The number of ether oxygens (including phenoxy) is 2. The van der Waals surface area contributed by atoms with E-state index < -0.39 is 0 Å². The van der Waals surface area contributed by atoms with E-state index in [1.807, 2.05) is 30.0 Å². The number of anilines is 1. The molecule has 1 aromatic rings. The molecule has 0 spiro atoms. The molecule has 0 unspecified atom stereocenters. The Bertz CT molecular complexity index is 903. The SMILES string of the molecule is CCN(C)C(=O)NN1CN(CC(=O)OC2CCCCC2)Cc2cc(OCCCC(=O)N(C)C)ccc21. The Balaban J connectivity index is 1.66. The predicted octanol–water partition coefficient (Wildman–Crippen LogP) is 2.97. The number of fused-ring (bicyclic) bond motifs is 1. The fourth-order valence-electron chi connectivity index (χ4n) is 4.38. The summed E-state index contributed by atoms with van der Waals surface area (Å²) in [5, 5.41) is 1.76. The van der Waals surface area contributed by atoms with Crippen molar-refractivity contribution in [3.05, 3.63) is 23.8 Å². The van der Waals surface area contributed by atoms with Gasteiger partial charge in [0.2, 0.25) is 5.91 Å². The van der Waals surface area contributed by atoms with E-state index >= 15 is 0 Å². The van der Waals surface area contributed by atoms with Crippen LogP contribution in [0.5, 0.6) is 5.75 Å². The average molecular weight is 504 g/mol. The van der Waals surface area contributed by atoms with E-state index in [0.717, 1.165) is 36.9 Å². The van der Waals surface area contributed by atoms with E-state index in [4.69, 9.17) is 9.47 Å². The zero-order valence-corrected chi connectivity index (χ0v) is 22.1. The van der Waals surface area contributed by atoms with Gasteiger partial charge in [0.05, 0.1) is 25.5 Å². The van der Waals surface area contributed by atoms with Crippen LogP contribution in [0.25, 0.3) is 0 Å². The summed E-state index contributed by atoms with van der Waals surface area (Å²) in [7, 11) is 5.22. The molecule has 1 aromatic carbocycles. The number of amides is 3. The predicted molar refractivity (Wildman–Crippen MR) is 137 cm³/mol. The number of urea groups is 1. The van der Waals surface area contributed by atoms with Gasteiger partial charge < -0.3 is 19.3 Å². The lowest BCUT2D eigenvalue weighted by atomic mass is 9.98. The molecule has 0 atom stereocenters. The standard InChI is InChI=1S/C26H41N5O5/c1-5-29(4)26(34)27-31-19-30(18-25(33)36-21-10-7-6-8-11-21)17-20-16-22(13-14-23(20)31)35-15-9-12-24(32)28(2)3/h13-14,16,21H,5-12,15,17-19H2,1-4H3,(H,27,34). The fraction of sp³-hybridized carbons (Fsp3) is 0.654. The summed E-state index contributed by atoms with van der Waals surface area (Å²) in [5.74, 6) is 0.526. The van der Waals surface area contributed by atoms with Gasteiger partial charge in [0.1, 0.15) is 11.9 Å². The number of rotatable bonds is 10. The summed E-state index contributed by atoms with van der Waals surface area (Å²) < 4.78 is 11.6. The van der Waals surface area contributed by atoms with E-state index in [-0.39, 0.29) is 30.6 Å². The molecule has 3 amide bonds. The second-order valence-electron chi connectivity index (χ2n) is 9.77. The molecule has 1 saturated carbocycles. The van der Waals surface area contributed by atoms with Crippen LogP contribution in [0, 0.1) is 0 Å². The van der Waals surface area contributed by atoms with Crippen LogP contribution in [0.4, 0.5) is 10.5 Å². The number of hydrogen-bond acceptors (Lipinski definition) is 7. The Morgan fingerprint density at radius 3 is 2.56 bits per heavy atom. The number of esters is 1. The average Bonchev–Trinajstić information content (AvgIpc) is 2.86. The minimum absolute atomic E-state index is 0.0108. The number of benzene rings is 1. The summed E-state index contributed by atoms with van der Waals surface area (Å²) in [4.78, 5) is 42.2. The first-order valence-electron chi connectivity index (χ1n) is 12.9. The molecule has 3 rings (SSSR count). The highest BCUT2D eigenvalue weighted by Crippen LogP contribution is 2.30. The van der Waals surface area contributed by atoms with Crippen molar-refractivity contribution in [2.75, 3.05) is 52.5 Å². The summed E-state index contributed by atoms with van der Waals surface area (Å²) in [6.07, 6.45) is 6.34. The van der Waals surface area contributed by atoms with Crippen LogP contribution in [-0.4, -0.2) is 86.2 Å². The minimum atomic E-state index is -0.236. The molecule has 10 nitrogen and oxygen atoms in total. The van der Waals surface area contributed by atoms with Gasteiger partial charge in [-0.2, -0.15) is 0 Å². The maximum absolute atomic E-state index is 12.7.